The predicted octanol–water partition coefficient (Wildman–Crippen LogP) is 0.463. The molecular weight excluding hydrogens is 255 g/mol. The highest BCUT2D eigenvalue weighted by molar-refractivity contribution is 7.88. The van der Waals surface area contributed by atoms with Crippen LogP contribution in [0.25, 0.3) is 0 Å². The largest absolute Gasteiger partial charge is 0.316 e. The second-order valence-corrected chi connectivity index (χ2v) is 6.77. The Morgan fingerprint density at radius 2 is 1.83 bits per heavy atom. The van der Waals surface area contributed by atoms with Crippen LogP contribution in [0, 0.1) is 17.7 Å². The highest BCUT2D eigenvalue weighted by Crippen LogP contribution is 2.42. The molecule has 2 N–H and O–H groups in total. The summed E-state index contributed by atoms with van der Waals surface area (Å²) in [5.74, 6) is 0.462. The van der Waals surface area contributed by atoms with Crippen LogP contribution in [0.2, 0.25) is 0 Å². The summed E-state index contributed by atoms with van der Waals surface area (Å²) in [7, 11) is -3.33. The Bertz CT molecular complexity index is 534. The fraction of sp³-hybridized carbons (Fsp3) is 0.500. The van der Waals surface area contributed by atoms with Crippen LogP contribution in [-0.2, 0) is 15.8 Å². The van der Waals surface area contributed by atoms with Gasteiger partial charge in [-0.25, -0.2) is 17.5 Å². The van der Waals surface area contributed by atoms with Gasteiger partial charge in [0.05, 0.1) is 5.75 Å². The van der Waals surface area contributed by atoms with Crippen molar-refractivity contribution < 1.29 is 12.8 Å². The van der Waals surface area contributed by atoms with E-state index in [0.717, 1.165) is 13.1 Å². The molecule has 0 aromatic heterocycles. The van der Waals surface area contributed by atoms with Crippen LogP contribution >= 0.6 is 0 Å². The molecule has 0 spiro atoms. The fourth-order valence-electron chi connectivity index (χ4n) is 2.64. The molecule has 1 saturated carbocycles. The third kappa shape index (κ3) is 2.41. The zero-order valence-electron chi connectivity index (χ0n) is 9.77. The second kappa shape index (κ2) is 4.29. The minimum Gasteiger partial charge on any atom is -0.316 e. The Balaban J connectivity index is 1.63. The average Bonchev–Trinajstić information content (AvgIpc) is 2.76. The van der Waals surface area contributed by atoms with E-state index in [0.29, 0.717) is 17.4 Å². The van der Waals surface area contributed by atoms with E-state index >= 15 is 0 Å². The van der Waals surface area contributed by atoms with Gasteiger partial charge in [-0.15, -0.1) is 0 Å². The zero-order chi connectivity index (χ0) is 12.8. The van der Waals surface area contributed by atoms with E-state index in [4.69, 9.17) is 0 Å². The molecule has 6 heteroatoms. The number of nitrogens with one attached hydrogen (secondary N) is 2. The molecule has 2 aliphatic rings. The highest BCUT2D eigenvalue weighted by Gasteiger charge is 2.54. The molecule has 1 aliphatic carbocycles. The third-order valence-corrected chi connectivity index (χ3v) is 5.02. The maximum atomic E-state index is 12.7. The molecule has 2 atom stereocenters. The van der Waals surface area contributed by atoms with Crippen molar-refractivity contribution >= 4 is 10.0 Å². The lowest BCUT2D eigenvalue weighted by Gasteiger charge is -2.08. The van der Waals surface area contributed by atoms with Crippen molar-refractivity contribution in [1.29, 1.82) is 0 Å². The SMILES string of the molecule is O=S(=O)(Cc1ccc(F)cc1)NC1C2CNCC21. The van der Waals surface area contributed by atoms with E-state index < -0.39 is 10.0 Å². The molecule has 0 bridgehead atoms. The summed E-state index contributed by atoms with van der Waals surface area (Å²) in [6.07, 6.45) is 0. The van der Waals surface area contributed by atoms with Gasteiger partial charge < -0.3 is 5.32 Å². The minimum atomic E-state index is -3.33. The lowest BCUT2D eigenvalue weighted by Crippen LogP contribution is -2.33. The van der Waals surface area contributed by atoms with Gasteiger partial charge in [0.1, 0.15) is 5.82 Å². The van der Waals surface area contributed by atoms with Gasteiger partial charge in [-0.1, -0.05) is 12.1 Å². The molecule has 18 heavy (non-hydrogen) atoms. The van der Waals surface area contributed by atoms with Crippen LogP contribution < -0.4 is 10.0 Å². The lowest BCUT2D eigenvalue weighted by molar-refractivity contribution is 0.564. The Morgan fingerprint density at radius 3 is 2.44 bits per heavy atom. The van der Waals surface area contributed by atoms with Crippen LogP contribution in [-0.4, -0.2) is 27.5 Å². The van der Waals surface area contributed by atoms with Gasteiger partial charge in [0.25, 0.3) is 0 Å². The molecular formula is C12H15FN2O2S. The number of fused-ring (bicyclic) bond motifs is 1. The summed E-state index contributed by atoms with van der Waals surface area (Å²) in [4.78, 5) is 0. The fourth-order valence-corrected chi connectivity index (χ4v) is 4.12. The van der Waals surface area contributed by atoms with Gasteiger partial charge in [0.2, 0.25) is 10.0 Å². The lowest BCUT2D eigenvalue weighted by atomic mass is 10.2. The zero-order valence-corrected chi connectivity index (χ0v) is 10.6. The molecule has 3 rings (SSSR count). The first-order chi connectivity index (χ1) is 8.55. The number of benzene rings is 1. The van der Waals surface area contributed by atoms with E-state index in [9.17, 15) is 12.8 Å². The smallest absolute Gasteiger partial charge is 0.216 e. The number of rotatable bonds is 4. The Labute approximate surface area is 106 Å². The van der Waals surface area contributed by atoms with E-state index in [-0.39, 0.29) is 17.6 Å². The average molecular weight is 270 g/mol. The van der Waals surface area contributed by atoms with Crippen LogP contribution in [0.4, 0.5) is 4.39 Å². The third-order valence-electron chi connectivity index (χ3n) is 3.68. The maximum Gasteiger partial charge on any atom is 0.216 e. The van der Waals surface area contributed by atoms with Gasteiger partial charge in [0.15, 0.2) is 0 Å². The summed E-state index contributed by atoms with van der Waals surface area (Å²) in [6, 6.07) is 5.66. The molecule has 1 aliphatic heterocycles. The topological polar surface area (TPSA) is 58.2 Å². The number of hydrogen-bond acceptors (Lipinski definition) is 3. The number of halogens is 1. The van der Waals surface area contributed by atoms with Crippen molar-refractivity contribution in [2.45, 2.75) is 11.8 Å². The summed E-state index contributed by atoms with van der Waals surface area (Å²) in [6.45, 7) is 1.79. The molecule has 1 heterocycles. The minimum absolute atomic E-state index is 0.0867. The standard InChI is InChI=1S/C12H15FN2O2S/c13-9-3-1-8(2-4-9)7-18(16,17)15-12-10-5-14-6-11(10)12/h1-4,10-12,14-15H,5-7H2. The van der Waals surface area contributed by atoms with Gasteiger partial charge in [-0.3, -0.25) is 0 Å². The monoisotopic (exact) mass is 270 g/mol. The van der Waals surface area contributed by atoms with Crippen LogP contribution in [0.5, 0.6) is 0 Å². The highest BCUT2D eigenvalue weighted by atomic mass is 32.2. The number of piperidine rings is 1. The molecule has 0 radical (unpaired) electrons. The number of sulfonamides is 1. The molecule has 1 saturated heterocycles. The van der Waals surface area contributed by atoms with Crippen LogP contribution in [0.15, 0.2) is 24.3 Å². The van der Waals surface area contributed by atoms with Gasteiger partial charge in [0, 0.05) is 6.04 Å². The van der Waals surface area contributed by atoms with E-state index in [2.05, 4.69) is 10.0 Å². The number of hydrogen-bond donors (Lipinski definition) is 2. The van der Waals surface area contributed by atoms with E-state index in [1.807, 2.05) is 0 Å². The molecule has 1 aromatic carbocycles. The summed E-state index contributed by atoms with van der Waals surface area (Å²) >= 11 is 0. The molecule has 0 amide bonds. The van der Waals surface area contributed by atoms with Crippen molar-refractivity contribution in [2.75, 3.05) is 13.1 Å². The molecule has 98 valence electrons. The summed E-state index contributed by atoms with van der Waals surface area (Å²) in [5.41, 5.74) is 0.604. The summed E-state index contributed by atoms with van der Waals surface area (Å²) < 4.78 is 39.3. The first-order valence-corrected chi connectivity index (χ1v) is 7.65. The van der Waals surface area contributed by atoms with E-state index in [1.165, 1.54) is 24.3 Å². The van der Waals surface area contributed by atoms with Crippen LogP contribution in [0.3, 0.4) is 0 Å². The van der Waals surface area contributed by atoms with Gasteiger partial charge >= 0.3 is 0 Å². The molecule has 2 fully saturated rings. The van der Waals surface area contributed by atoms with E-state index in [1.54, 1.807) is 0 Å². The van der Waals surface area contributed by atoms with Crippen molar-refractivity contribution in [2.24, 2.45) is 11.8 Å². The Morgan fingerprint density at radius 1 is 1.22 bits per heavy atom. The van der Waals surface area contributed by atoms with Crippen molar-refractivity contribution in [3.8, 4) is 0 Å². The van der Waals surface area contributed by atoms with Gasteiger partial charge in [-0.2, -0.15) is 0 Å². The first-order valence-electron chi connectivity index (χ1n) is 6.00. The van der Waals surface area contributed by atoms with Crippen molar-refractivity contribution in [3.63, 3.8) is 0 Å². The van der Waals surface area contributed by atoms with Crippen molar-refractivity contribution in [1.82, 2.24) is 10.0 Å². The Hall–Kier alpha value is -0.980. The van der Waals surface area contributed by atoms with Crippen LogP contribution in [0.1, 0.15) is 5.56 Å². The quantitative estimate of drug-likeness (QED) is 0.836. The first kappa shape index (κ1) is 12.1. The summed E-state index contributed by atoms with van der Waals surface area (Å²) in [5, 5.41) is 3.22. The van der Waals surface area contributed by atoms with Gasteiger partial charge in [-0.05, 0) is 42.6 Å². The predicted molar refractivity (Wildman–Crippen MR) is 65.8 cm³/mol. The molecule has 2 unspecified atom stereocenters. The maximum absolute atomic E-state index is 12.7. The second-order valence-electron chi connectivity index (χ2n) is 5.02. The normalized spacial score (nSPS) is 30.2. The Kier molecular flexibility index (Phi) is 2.88. The molecule has 1 aromatic rings. The molecule has 4 nitrogen and oxygen atoms in total. The van der Waals surface area contributed by atoms with Crippen molar-refractivity contribution in [3.05, 3.63) is 35.6 Å².